The van der Waals surface area contributed by atoms with Crippen LogP contribution in [-0.2, 0) is 18.0 Å². The molecule has 1 aliphatic heterocycles. The van der Waals surface area contributed by atoms with E-state index in [1.165, 1.54) is 12.1 Å². The number of halogens is 3. The molecule has 0 radical (unpaired) electrons. The fourth-order valence-electron chi connectivity index (χ4n) is 3.80. The van der Waals surface area contributed by atoms with Crippen LogP contribution in [0.4, 0.5) is 24.8 Å². The monoisotopic (exact) mass is 415 g/mol. The number of rotatable bonds is 4. The first-order valence-corrected chi connectivity index (χ1v) is 9.46. The number of hydrogen-bond acceptors (Lipinski definition) is 4. The highest BCUT2D eigenvalue weighted by Gasteiger charge is 2.37. The molecule has 0 aliphatic carbocycles. The molecular weight excluding hydrogens is 395 g/mol. The maximum absolute atomic E-state index is 13.4. The van der Waals surface area contributed by atoms with Gasteiger partial charge in [0, 0.05) is 25.9 Å². The van der Waals surface area contributed by atoms with E-state index in [9.17, 15) is 18.0 Å². The summed E-state index contributed by atoms with van der Waals surface area (Å²) in [6.45, 7) is 0. The van der Waals surface area contributed by atoms with Crippen molar-refractivity contribution in [2.24, 2.45) is 7.05 Å². The predicted octanol–water partition coefficient (Wildman–Crippen LogP) is 4.31. The molecule has 156 valence electrons. The number of benzene rings is 1. The van der Waals surface area contributed by atoms with Gasteiger partial charge in [-0.15, -0.1) is 0 Å². The van der Waals surface area contributed by atoms with E-state index in [1.54, 1.807) is 35.4 Å². The van der Waals surface area contributed by atoms with Gasteiger partial charge in [-0.25, -0.2) is 9.97 Å². The van der Waals surface area contributed by atoms with E-state index in [0.717, 1.165) is 11.6 Å². The molecule has 2 atom stereocenters. The van der Waals surface area contributed by atoms with Crippen LogP contribution in [0.3, 0.4) is 0 Å². The number of imidazole rings is 1. The molecular formula is C21H20F3N5O. The van der Waals surface area contributed by atoms with Gasteiger partial charge < -0.3 is 15.2 Å². The highest BCUT2D eigenvalue weighted by Crippen LogP contribution is 2.40. The second-order valence-electron chi connectivity index (χ2n) is 7.37. The van der Waals surface area contributed by atoms with Crippen molar-refractivity contribution >= 4 is 17.5 Å². The number of piperidine rings is 1. The number of hydrogen-bond donors (Lipinski definition) is 2. The number of nitrogens with one attached hydrogen (secondary N) is 2. The molecule has 6 nitrogen and oxygen atoms in total. The molecule has 2 unspecified atom stereocenters. The Morgan fingerprint density at radius 2 is 1.97 bits per heavy atom. The van der Waals surface area contributed by atoms with Gasteiger partial charge in [-0.2, -0.15) is 13.2 Å². The zero-order valence-corrected chi connectivity index (χ0v) is 16.1. The fraction of sp³-hybridized carbons (Fsp3) is 0.286. The van der Waals surface area contributed by atoms with Crippen LogP contribution >= 0.6 is 0 Å². The molecule has 1 amide bonds. The van der Waals surface area contributed by atoms with Gasteiger partial charge in [-0.1, -0.05) is 18.2 Å². The van der Waals surface area contributed by atoms with Crippen LogP contribution in [0.5, 0.6) is 0 Å². The van der Waals surface area contributed by atoms with Gasteiger partial charge in [-0.05, 0) is 41.7 Å². The lowest BCUT2D eigenvalue weighted by atomic mass is 9.83. The molecule has 1 fully saturated rings. The van der Waals surface area contributed by atoms with Crippen LogP contribution in [0.25, 0.3) is 0 Å². The lowest BCUT2D eigenvalue weighted by molar-refractivity contribution is -0.139. The van der Waals surface area contributed by atoms with Gasteiger partial charge in [0.15, 0.2) is 0 Å². The third-order valence-electron chi connectivity index (χ3n) is 5.15. The molecule has 0 bridgehead atoms. The topological polar surface area (TPSA) is 71.8 Å². The maximum atomic E-state index is 13.4. The van der Waals surface area contributed by atoms with Crippen molar-refractivity contribution in [3.8, 4) is 0 Å². The molecule has 1 saturated heterocycles. The van der Waals surface area contributed by atoms with Gasteiger partial charge in [0.1, 0.15) is 11.6 Å². The van der Waals surface area contributed by atoms with E-state index >= 15 is 0 Å². The number of alkyl halides is 3. The summed E-state index contributed by atoms with van der Waals surface area (Å²) in [6, 6.07) is 8.27. The molecule has 3 heterocycles. The van der Waals surface area contributed by atoms with Crippen LogP contribution in [0, 0.1) is 0 Å². The van der Waals surface area contributed by atoms with E-state index in [4.69, 9.17) is 0 Å². The minimum Gasteiger partial charge on any atom is -0.349 e. The Balaban J connectivity index is 1.59. The summed E-state index contributed by atoms with van der Waals surface area (Å²) in [7, 11) is 1.85. The van der Waals surface area contributed by atoms with Crippen LogP contribution < -0.4 is 10.6 Å². The minimum atomic E-state index is -4.48. The zero-order chi connectivity index (χ0) is 21.3. The van der Waals surface area contributed by atoms with Crippen molar-refractivity contribution in [2.45, 2.75) is 31.0 Å². The molecule has 1 aliphatic rings. The van der Waals surface area contributed by atoms with Crippen LogP contribution in [0.15, 0.2) is 55.1 Å². The second kappa shape index (κ2) is 7.81. The quantitative estimate of drug-likeness (QED) is 0.666. The minimum absolute atomic E-state index is 0.0870. The van der Waals surface area contributed by atoms with Gasteiger partial charge >= 0.3 is 6.18 Å². The summed E-state index contributed by atoms with van der Waals surface area (Å²) in [6.07, 6.45) is 1.16. The lowest BCUT2D eigenvalue weighted by Gasteiger charge is -2.32. The van der Waals surface area contributed by atoms with E-state index < -0.39 is 17.8 Å². The van der Waals surface area contributed by atoms with Crippen molar-refractivity contribution in [1.82, 2.24) is 19.9 Å². The van der Waals surface area contributed by atoms with Crippen molar-refractivity contribution in [1.29, 1.82) is 0 Å². The SMILES string of the molecule is Cn1cnc(Nc2cc(C3CC(=O)NC(c4ccccc4C(F)(F)F)C3)ccn2)c1. The fourth-order valence-corrected chi connectivity index (χ4v) is 3.80. The molecule has 4 rings (SSSR count). The van der Waals surface area contributed by atoms with E-state index in [1.807, 2.05) is 13.1 Å². The highest BCUT2D eigenvalue weighted by atomic mass is 19.4. The predicted molar refractivity (Wildman–Crippen MR) is 105 cm³/mol. The number of carbonyl (C=O) groups excluding carboxylic acids is 1. The third-order valence-corrected chi connectivity index (χ3v) is 5.15. The van der Waals surface area contributed by atoms with Crippen LogP contribution in [0.1, 0.15) is 41.5 Å². The van der Waals surface area contributed by atoms with Gasteiger partial charge in [0.05, 0.1) is 17.9 Å². The first kappa shape index (κ1) is 19.9. The lowest BCUT2D eigenvalue weighted by Crippen LogP contribution is -2.37. The van der Waals surface area contributed by atoms with Gasteiger partial charge in [0.2, 0.25) is 5.91 Å². The number of amides is 1. The Bertz CT molecular complexity index is 1060. The van der Waals surface area contributed by atoms with Crippen molar-refractivity contribution in [2.75, 3.05) is 5.32 Å². The summed E-state index contributed by atoms with van der Waals surface area (Å²) in [5.74, 6) is 0.687. The largest absolute Gasteiger partial charge is 0.416 e. The van der Waals surface area contributed by atoms with Crippen LogP contribution in [0.2, 0.25) is 0 Å². The Hall–Kier alpha value is -3.36. The molecule has 2 N–H and O–H groups in total. The average Bonchev–Trinajstić information content (AvgIpc) is 3.11. The number of anilines is 2. The number of aromatic nitrogens is 3. The Kier molecular flexibility index (Phi) is 5.19. The number of pyridine rings is 1. The molecule has 30 heavy (non-hydrogen) atoms. The Morgan fingerprint density at radius 3 is 2.70 bits per heavy atom. The second-order valence-corrected chi connectivity index (χ2v) is 7.37. The first-order valence-electron chi connectivity index (χ1n) is 9.46. The van der Waals surface area contributed by atoms with Crippen molar-refractivity contribution in [3.63, 3.8) is 0 Å². The zero-order valence-electron chi connectivity index (χ0n) is 16.1. The summed E-state index contributed by atoms with van der Waals surface area (Å²) in [5.41, 5.74) is 0.208. The standard InChI is InChI=1S/C21H20F3N5O/c1-29-11-19(26-12-29)28-18-9-13(6-7-25-18)14-8-17(27-20(30)10-14)15-4-2-3-5-16(15)21(22,23)24/h2-7,9,11-12,14,17H,8,10H2,1H3,(H,25,28)(H,27,30). The summed E-state index contributed by atoms with van der Waals surface area (Å²) < 4.78 is 42.1. The first-order chi connectivity index (χ1) is 14.3. The highest BCUT2D eigenvalue weighted by molar-refractivity contribution is 5.78. The van der Waals surface area contributed by atoms with E-state index in [2.05, 4.69) is 20.6 Å². The summed E-state index contributed by atoms with van der Waals surface area (Å²) in [4.78, 5) is 20.8. The number of carbonyl (C=O) groups is 1. The molecule has 9 heteroatoms. The molecule has 3 aromatic rings. The Labute approximate surface area is 171 Å². The maximum Gasteiger partial charge on any atom is 0.416 e. The third kappa shape index (κ3) is 4.29. The summed E-state index contributed by atoms with van der Waals surface area (Å²) >= 11 is 0. The van der Waals surface area contributed by atoms with E-state index in [-0.39, 0.29) is 23.8 Å². The molecule has 2 aromatic heterocycles. The Morgan fingerprint density at radius 1 is 1.17 bits per heavy atom. The molecule has 0 saturated carbocycles. The summed E-state index contributed by atoms with van der Waals surface area (Å²) in [5, 5.41) is 5.81. The number of aryl methyl sites for hydroxylation is 1. The van der Waals surface area contributed by atoms with Crippen LogP contribution in [-0.4, -0.2) is 20.4 Å². The number of nitrogens with zero attached hydrogens (tertiary/aromatic N) is 3. The smallest absolute Gasteiger partial charge is 0.349 e. The van der Waals surface area contributed by atoms with Crippen molar-refractivity contribution < 1.29 is 18.0 Å². The van der Waals surface area contributed by atoms with Crippen molar-refractivity contribution in [3.05, 3.63) is 71.8 Å². The van der Waals surface area contributed by atoms with Gasteiger partial charge in [-0.3, -0.25) is 4.79 Å². The molecule has 0 spiro atoms. The normalized spacial score (nSPS) is 19.4. The molecule has 1 aromatic carbocycles. The average molecular weight is 415 g/mol. The van der Waals surface area contributed by atoms with Gasteiger partial charge in [0.25, 0.3) is 0 Å². The van der Waals surface area contributed by atoms with E-state index in [0.29, 0.717) is 18.1 Å².